The molecular formula is C14H15ClN2O2. The highest BCUT2D eigenvalue weighted by Crippen LogP contribution is 2.33. The Kier molecular flexibility index (Phi) is 3.96. The van der Waals surface area contributed by atoms with Gasteiger partial charge in [-0.05, 0) is 24.1 Å². The van der Waals surface area contributed by atoms with Crippen LogP contribution in [0.25, 0.3) is 0 Å². The molecule has 1 fully saturated rings. The normalized spacial score (nSPS) is 22.1. The third-order valence-electron chi connectivity index (χ3n) is 3.53. The molecule has 1 aliphatic rings. The fourth-order valence-corrected chi connectivity index (χ4v) is 2.75. The van der Waals surface area contributed by atoms with Gasteiger partial charge in [0.25, 0.3) is 0 Å². The maximum Gasteiger partial charge on any atom is 0.310 e. The van der Waals surface area contributed by atoms with Gasteiger partial charge in [0.15, 0.2) is 0 Å². The Balaban J connectivity index is 2.21. The number of esters is 1. The van der Waals surface area contributed by atoms with Crippen LogP contribution in [0.3, 0.4) is 0 Å². The van der Waals surface area contributed by atoms with Crippen molar-refractivity contribution in [3.63, 3.8) is 0 Å². The molecule has 19 heavy (non-hydrogen) atoms. The molecule has 100 valence electrons. The first-order valence-corrected chi connectivity index (χ1v) is 6.47. The van der Waals surface area contributed by atoms with E-state index in [1.165, 1.54) is 7.11 Å². The second-order valence-electron chi connectivity index (χ2n) is 4.79. The monoisotopic (exact) mass is 278 g/mol. The Morgan fingerprint density at radius 1 is 1.53 bits per heavy atom. The summed E-state index contributed by atoms with van der Waals surface area (Å²) in [7, 11) is 1.41. The molecule has 2 rings (SSSR count). The van der Waals surface area contributed by atoms with Gasteiger partial charge < -0.3 is 9.64 Å². The zero-order chi connectivity index (χ0) is 14.0. The maximum atomic E-state index is 11.7. The molecule has 0 spiro atoms. The summed E-state index contributed by atoms with van der Waals surface area (Å²) in [6, 6.07) is 7.26. The number of rotatable bonds is 2. The number of nitriles is 1. The van der Waals surface area contributed by atoms with Gasteiger partial charge in [0, 0.05) is 13.1 Å². The Bertz CT molecular complexity index is 539. The topological polar surface area (TPSA) is 53.3 Å². The number of hydrogen-bond acceptors (Lipinski definition) is 4. The van der Waals surface area contributed by atoms with E-state index in [9.17, 15) is 4.79 Å². The Morgan fingerprint density at radius 3 is 2.84 bits per heavy atom. The lowest BCUT2D eigenvalue weighted by Crippen LogP contribution is -2.24. The first kappa shape index (κ1) is 13.7. The molecule has 1 aromatic carbocycles. The van der Waals surface area contributed by atoms with Gasteiger partial charge in [0.2, 0.25) is 0 Å². The highest BCUT2D eigenvalue weighted by atomic mass is 35.5. The molecule has 0 saturated carbocycles. The van der Waals surface area contributed by atoms with Crippen molar-refractivity contribution >= 4 is 23.3 Å². The van der Waals surface area contributed by atoms with Crippen molar-refractivity contribution in [3.8, 4) is 6.07 Å². The zero-order valence-electron chi connectivity index (χ0n) is 10.9. The van der Waals surface area contributed by atoms with Gasteiger partial charge >= 0.3 is 5.97 Å². The summed E-state index contributed by atoms with van der Waals surface area (Å²) in [6.45, 7) is 3.38. The maximum absolute atomic E-state index is 11.7. The number of methoxy groups -OCH3 is 1. The van der Waals surface area contributed by atoms with Crippen molar-refractivity contribution in [2.75, 3.05) is 25.1 Å². The highest BCUT2D eigenvalue weighted by Gasteiger charge is 2.36. The van der Waals surface area contributed by atoms with Gasteiger partial charge in [-0.25, -0.2) is 0 Å². The van der Waals surface area contributed by atoms with E-state index in [1.54, 1.807) is 12.1 Å². The van der Waals surface area contributed by atoms with Gasteiger partial charge in [-0.2, -0.15) is 5.26 Å². The highest BCUT2D eigenvalue weighted by molar-refractivity contribution is 6.33. The average molecular weight is 279 g/mol. The quantitative estimate of drug-likeness (QED) is 0.780. The molecule has 0 amide bonds. The fraction of sp³-hybridized carbons (Fsp3) is 0.429. The van der Waals surface area contributed by atoms with Crippen LogP contribution >= 0.6 is 11.6 Å². The van der Waals surface area contributed by atoms with Crippen LogP contribution in [0, 0.1) is 23.2 Å². The second kappa shape index (κ2) is 5.50. The summed E-state index contributed by atoms with van der Waals surface area (Å²) in [5.74, 6) is -0.0874. The number of anilines is 1. The van der Waals surface area contributed by atoms with E-state index in [4.69, 9.17) is 21.6 Å². The SMILES string of the molecule is COC(=O)C1CN(c2ccc(C#N)cc2Cl)CC1C. The van der Waals surface area contributed by atoms with Gasteiger partial charge in [0.1, 0.15) is 0 Å². The summed E-state index contributed by atoms with van der Waals surface area (Å²) in [6.07, 6.45) is 0. The van der Waals surface area contributed by atoms with Gasteiger partial charge in [-0.3, -0.25) is 4.79 Å². The van der Waals surface area contributed by atoms with Gasteiger partial charge in [0.05, 0.1) is 35.4 Å². The van der Waals surface area contributed by atoms with Crippen LogP contribution in [0.1, 0.15) is 12.5 Å². The Morgan fingerprint density at radius 2 is 2.26 bits per heavy atom. The second-order valence-corrected chi connectivity index (χ2v) is 5.20. The number of carbonyl (C=O) groups is 1. The smallest absolute Gasteiger partial charge is 0.310 e. The van der Waals surface area contributed by atoms with Crippen LogP contribution in [-0.2, 0) is 9.53 Å². The molecule has 5 heteroatoms. The van der Waals surface area contributed by atoms with E-state index in [0.29, 0.717) is 17.1 Å². The average Bonchev–Trinajstić information content (AvgIpc) is 2.79. The lowest BCUT2D eigenvalue weighted by atomic mass is 9.99. The van der Waals surface area contributed by atoms with Crippen LogP contribution < -0.4 is 4.90 Å². The zero-order valence-corrected chi connectivity index (χ0v) is 11.6. The van der Waals surface area contributed by atoms with Crippen LogP contribution in [0.5, 0.6) is 0 Å². The molecule has 1 heterocycles. The van der Waals surface area contributed by atoms with E-state index in [0.717, 1.165) is 12.2 Å². The fourth-order valence-electron chi connectivity index (χ4n) is 2.45. The van der Waals surface area contributed by atoms with Crippen molar-refractivity contribution in [2.24, 2.45) is 11.8 Å². The van der Waals surface area contributed by atoms with Crippen LogP contribution in [0.15, 0.2) is 18.2 Å². The number of benzene rings is 1. The lowest BCUT2D eigenvalue weighted by Gasteiger charge is -2.19. The molecule has 1 aromatic rings. The largest absolute Gasteiger partial charge is 0.469 e. The minimum absolute atomic E-state index is 0.128. The van der Waals surface area contributed by atoms with Gasteiger partial charge in [-0.1, -0.05) is 18.5 Å². The van der Waals surface area contributed by atoms with Crippen molar-refractivity contribution in [1.82, 2.24) is 0 Å². The molecule has 0 N–H and O–H groups in total. The first-order valence-electron chi connectivity index (χ1n) is 6.09. The third-order valence-corrected chi connectivity index (χ3v) is 3.84. The standard InChI is InChI=1S/C14H15ClN2O2/c1-9-7-17(8-11(9)14(18)19-2)13-4-3-10(6-16)5-12(13)15/h3-5,9,11H,7-8H2,1-2H3. The van der Waals surface area contributed by atoms with Crippen molar-refractivity contribution in [2.45, 2.75) is 6.92 Å². The van der Waals surface area contributed by atoms with Crippen LogP contribution in [0.2, 0.25) is 5.02 Å². The van der Waals surface area contributed by atoms with Crippen LogP contribution in [0.4, 0.5) is 5.69 Å². The Hall–Kier alpha value is -1.73. The van der Waals surface area contributed by atoms with E-state index >= 15 is 0 Å². The molecule has 2 unspecified atom stereocenters. The summed E-state index contributed by atoms with van der Waals surface area (Å²) < 4.78 is 4.81. The first-order chi connectivity index (χ1) is 9.06. The molecule has 0 radical (unpaired) electrons. The summed E-state index contributed by atoms with van der Waals surface area (Å²) in [4.78, 5) is 13.7. The molecule has 1 aliphatic heterocycles. The van der Waals surface area contributed by atoms with E-state index in [1.807, 2.05) is 13.0 Å². The number of carbonyl (C=O) groups excluding carboxylic acids is 1. The molecule has 2 atom stereocenters. The number of nitrogens with zero attached hydrogens (tertiary/aromatic N) is 2. The van der Waals surface area contributed by atoms with E-state index in [2.05, 4.69) is 11.0 Å². The molecule has 0 aliphatic carbocycles. The predicted molar refractivity (Wildman–Crippen MR) is 73.1 cm³/mol. The Labute approximate surface area is 117 Å². The third kappa shape index (κ3) is 2.66. The van der Waals surface area contributed by atoms with Crippen molar-refractivity contribution in [3.05, 3.63) is 28.8 Å². The summed E-state index contributed by atoms with van der Waals surface area (Å²) in [5.41, 5.74) is 1.39. The summed E-state index contributed by atoms with van der Waals surface area (Å²) in [5, 5.41) is 9.36. The van der Waals surface area contributed by atoms with Crippen LogP contribution in [-0.4, -0.2) is 26.2 Å². The van der Waals surface area contributed by atoms with Crippen molar-refractivity contribution < 1.29 is 9.53 Å². The van der Waals surface area contributed by atoms with E-state index < -0.39 is 0 Å². The van der Waals surface area contributed by atoms with Crippen molar-refractivity contribution in [1.29, 1.82) is 5.26 Å². The number of halogens is 1. The molecule has 1 saturated heterocycles. The number of hydrogen-bond donors (Lipinski definition) is 0. The molecule has 0 aromatic heterocycles. The molecule has 0 bridgehead atoms. The number of ether oxygens (including phenoxy) is 1. The van der Waals surface area contributed by atoms with Gasteiger partial charge in [-0.15, -0.1) is 0 Å². The lowest BCUT2D eigenvalue weighted by molar-refractivity contribution is -0.145. The predicted octanol–water partition coefficient (Wildman–Crippen LogP) is 2.46. The minimum atomic E-state index is -0.181. The minimum Gasteiger partial charge on any atom is -0.469 e. The molecule has 4 nitrogen and oxygen atoms in total. The van der Waals surface area contributed by atoms with E-state index in [-0.39, 0.29) is 17.8 Å². The molecular weight excluding hydrogens is 264 g/mol. The summed E-state index contributed by atoms with van der Waals surface area (Å²) >= 11 is 6.19.